The third-order valence-electron chi connectivity index (χ3n) is 5.20. The summed E-state index contributed by atoms with van der Waals surface area (Å²) in [5.74, 6) is -0.477. The Labute approximate surface area is 162 Å². The van der Waals surface area contributed by atoms with Crippen LogP contribution in [0.25, 0.3) is 0 Å². The van der Waals surface area contributed by atoms with Gasteiger partial charge in [-0.1, -0.05) is 30.3 Å². The van der Waals surface area contributed by atoms with E-state index in [2.05, 4.69) is 29.7 Å². The van der Waals surface area contributed by atoms with Crippen molar-refractivity contribution in [1.82, 2.24) is 10.6 Å². The van der Waals surface area contributed by atoms with Crippen LogP contribution in [0.2, 0.25) is 0 Å². The molecule has 0 bridgehead atoms. The molecule has 1 fully saturated rings. The van der Waals surface area contributed by atoms with Gasteiger partial charge in [0.05, 0.1) is 31.8 Å². The highest BCUT2D eigenvalue weighted by molar-refractivity contribution is 5.75. The molecule has 150 valence electrons. The third-order valence-corrected chi connectivity index (χ3v) is 5.20. The minimum absolute atomic E-state index is 0.0568. The van der Waals surface area contributed by atoms with Gasteiger partial charge in [0.1, 0.15) is 0 Å². The van der Waals surface area contributed by atoms with Crippen LogP contribution in [0.1, 0.15) is 52.1 Å². The third kappa shape index (κ3) is 5.53. The quantitative estimate of drug-likeness (QED) is 0.648. The fourth-order valence-corrected chi connectivity index (χ4v) is 3.79. The molecule has 0 spiro atoms. The van der Waals surface area contributed by atoms with Crippen molar-refractivity contribution in [2.24, 2.45) is 5.92 Å². The first kappa shape index (κ1) is 21.4. The molecule has 1 unspecified atom stereocenters. The highest BCUT2D eigenvalue weighted by Crippen LogP contribution is 2.43. The first-order valence-electron chi connectivity index (χ1n) is 9.56. The van der Waals surface area contributed by atoms with E-state index in [1.54, 1.807) is 0 Å². The number of ether oxygens (including phenoxy) is 2. The highest BCUT2D eigenvalue weighted by atomic mass is 16.5. The van der Waals surface area contributed by atoms with Crippen LogP contribution in [0.15, 0.2) is 30.3 Å². The molecule has 1 saturated carbocycles. The van der Waals surface area contributed by atoms with E-state index in [1.165, 1.54) is 14.0 Å². The normalized spacial score (nSPS) is 24.0. The zero-order chi connectivity index (χ0) is 20.0. The number of methoxy groups -OCH3 is 1. The summed E-state index contributed by atoms with van der Waals surface area (Å²) in [6, 6.07) is 9.97. The SMILES string of the molecule is COC(=O)C1CC(N[C@H](C)c2ccccc2)(C(COC(C)C)NC(C)=O)C1. The maximum atomic E-state index is 12.0. The number of carbonyl (C=O) groups excluding carboxylic acids is 2. The lowest BCUT2D eigenvalue weighted by molar-refractivity contribution is -0.153. The minimum atomic E-state index is -0.422. The number of nitrogens with one attached hydrogen (secondary N) is 2. The van der Waals surface area contributed by atoms with Gasteiger partial charge in [-0.25, -0.2) is 0 Å². The van der Waals surface area contributed by atoms with E-state index in [4.69, 9.17) is 9.47 Å². The fourth-order valence-electron chi connectivity index (χ4n) is 3.79. The van der Waals surface area contributed by atoms with Gasteiger partial charge in [0, 0.05) is 18.5 Å². The molecular formula is C21H32N2O4. The van der Waals surface area contributed by atoms with E-state index in [0.717, 1.165) is 5.56 Å². The van der Waals surface area contributed by atoms with Crippen LogP contribution in [0, 0.1) is 5.92 Å². The fraction of sp³-hybridized carbons (Fsp3) is 0.619. The van der Waals surface area contributed by atoms with Crippen molar-refractivity contribution >= 4 is 11.9 Å². The summed E-state index contributed by atoms with van der Waals surface area (Å²) in [7, 11) is 1.41. The Morgan fingerprint density at radius 2 is 1.81 bits per heavy atom. The molecule has 1 aromatic rings. The van der Waals surface area contributed by atoms with Crippen molar-refractivity contribution in [3.8, 4) is 0 Å². The summed E-state index contributed by atoms with van der Waals surface area (Å²) in [5.41, 5.74) is 0.735. The second-order valence-corrected chi connectivity index (χ2v) is 7.70. The number of rotatable bonds is 9. The average molecular weight is 376 g/mol. The van der Waals surface area contributed by atoms with Crippen LogP contribution in [-0.2, 0) is 19.1 Å². The summed E-state index contributed by atoms with van der Waals surface area (Å²) in [6.45, 7) is 7.93. The van der Waals surface area contributed by atoms with Crippen LogP contribution in [-0.4, -0.2) is 43.3 Å². The maximum Gasteiger partial charge on any atom is 0.308 e. The Hall–Kier alpha value is -1.92. The number of hydrogen-bond acceptors (Lipinski definition) is 5. The van der Waals surface area contributed by atoms with Crippen molar-refractivity contribution in [3.63, 3.8) is 0 Å². The van der Waals surface area contributed by atoms with Gasteiger partial charge in [-0.2, -0.15) is 0 Å². The van der Waals surface area contributed by atoms with Gasteiger partial charge in [0.2, 0.25) is 5.91 Å². The summed E-state index contributed by atoms with van der Waals surface area (Å²) in [5, 5.41) is 6.72. The lowest BCUT2D eigenvalue weighted by Gasteiger charge is -2.53. The molecule has 1 aliphatic rings. The van der Waals surface area contributed by atoms with Gasteiger partial charge >= 0.3 is 5.97 Å². The van der Waals surface area contributed by atoms with Crippen LogP contribution in [0.3, 0.4) is 0 Å². The topological polar surface area (TPSA) is 76.7 Å². The lowest BCUT2D eigenvalue weighted by Crippen LogP contribution is -2.69. The molecule has 6 nitrogen and oxygen atoms in total. The number of esters is 1. The number of carbonyl (C=O) groups is 2. The molecule has 1 aromatic carbocycles. The standard InChI is InChI=1S/C21H32N2O4/c1-14(2)27-13-19(22-16(4)24)21(11-18(12-21)20(25)26-5)23-15(3)17-9-7-6-8-10-17/h6-10,14-15,18-19,23H,11-13H2,1-5H3,(H,22,24)/t15-,18?,19?,21?/m1/s1. The van der Waals surface area contributed by atoms with Crippen LogP contribution < -0.4 is 10.6 Å². The van der Waals surface area contributed by atoms with E-state index in [1.807, 2.05) is 32.0 Å². The molecule has 2 N–H and O–H groups in total. The lowest BCUT2D eigenvalue weighted by atomic mass is 9.63. The molecule has 1 amide bonds. The Balaban J connectivity index is 2.22. The smallest absolute Gasteiger partial charge is 0.308 e. The summed E-state index contributed by atoms with van der Waals surface area (Å²) >= 11 is 0. The first-order chi connectivity index (χ1) is 12.8. The van der Waals surface area contributed by atoms with E-state index in [0.29, 0.717) is 19.4 Å². The van der Waals surface area contributed by atoms with Crippen molar-refractivity contribution < 1.29 is 19.1 Å². The molecule has 0 saturated heterocycles. The highest BCUT2D eigenvalue weighted by Gasteiger charge is 2.53. The largest absolute Gasteiger partial charge is 0.469 e. The van der Waals surface area contributed by atoms with Crippen molar-refractivity contribution in [3.05, 3.63) is 35.9 Å². The first-order valence-corrected chi connectivity index (χ1v) is 9.56. The molecule has 0 aromatic heterocycles. The molecular weight excluding hydrogens is 344 g/mol. The van der Waals surface area contributed by atoms with Gasteiger partial charge < -0.3 is 20.1 Å². The molecule has 0 heterocycles. The summed E-state index contributed by atoms with van der Waals surface area (Å²) < 4.78 is 10.7. The molecule has 27 heavy (non-hydrogen) atoms. The van der Waals surface area contributed by atoms with E-state index in [-0.39, 0.29) is 36.0 Å². The predicted molar refractivity (Wildman–Crippen MR) is 104 cm³/mol. The van der Waals surface area contributed by atoms with Crippen molar-refractivity contribution in [2.75, 3.05) is 13.7 Å². The molecule has 2 atom stereocenters. The summed E-state index contributed by atoms with van der Waals surface area (Å²) in [4.78, 5) is 23.8. The molecule has 2 rings (SSSR count). The second-order valence-electron chi connectivity index (χ2n) is 7.70. The second kappa shape index (κ2) is 9.33. The Morgan fingerprint density at radius 3 is 2.33 bits per heavy atom. The van der Waals surface area contributed by atoms with Gasteiger partial charge in [-0.3, -0.25) is 9.59 Å². The van der Waals surface area contributed by atoms with E-state index >= 15 is 0 Å². The van der Waals surface area contributed by atoms with Gasteiger partial charge in [-0.05, 0) is 39.2 Å². The zero-order valence-electron chi connectivity index (χ0n) is 17.0. The van der Waals surface area contributed by atoms with Crippen LogP contribution >= 0.6 is 0 Å². The molecule has 0 radical (unpaired) electrons. The van der Waals surface area contributed by atoms with Gasteiger partial charge in [-0.15, -0.1) is 0 Å². The summed E-state index contributed by atoms with van der Waals surface area (Å²) in [6.07, 6.45) is 1.26. The Kier molecular flexibility index (Phi) is 7.39. The predicted octanol–water partition coefficient (Wildman–Crippen LogP) is 2.59. The van der Waals surface area contributed by atoms with Crippen LogP contribution in [0.4, 0.5) is 0 Å². The number of hydrogen-bond donors (Lipinski definition) is 2. The number of benzene rings is 1. The molecule has 0 aliphatic heterocycles. The molecule has 6 heteroatoms. The monoisotopic (exact) mass is 376 g/mol. The zero-order valence-corrected chi connectivity index (χ0v) is 17.0. The van der Waals surface area contributed by atoms with E-state index in [9.17, 15) is 9.59 Å². The minimum Gasteiger partial charge on any atom is -0.469 e. The number of amides is 1. The van der Waals surface area contributed by atoms with E-state index < -0.39 is 5.54 Å². The Bertz CT molecular complexity index is 626. The van der Waals surface area contributed by atoms with Crippen molar-refractivity contribution in [2.45, 2.75) is 64.3 Å². The van der Waals surface area contributed by atoms with Gasteiger partial charge in [0.15, 0.2) is 0 Å². The van der Waals surface area contributed by atoms with Crippen LogP contribution in [0.5, 0.6) is 0 Å². The molecule has 1 aliphatic carbocycles. The Morgan fingerprint density at radius 1 is 1.19 bits per heavy atom. The average Bonchev–Trinajstić information content (AvgIpc) is 2.61. The maximum absolute atomic E-state index is 12.0. The van der Waals surface area contributed by atoms with Crippen molar-refractivity contribution in [1.29, 1.82) is 0 Å². The van der Waals surface area contributed by atoms with Gasteiger partial charge in [0.25, 0.3) is 0 Å².